The summed E-state index contributed by atoms with van der Waals surface area (Å²) in [6.45, 7) is 4.25. The smallest absolute Gasteiger partial charge is 0.433 e. The molecule has 0 bridgehead atoms. The maximum absolute atomic E-state index is 13.3. The Morgan fingerprint density at radius 2 is 1.79 bits per heavy atom. The van der Waals surface area contributed by atoms with E-state index in [1.165, 1.54) is 13.1 Å². The molecule has 12 heteroatoms. The van der Waals surface area contributed by atoms with Gasteiger partial charge in [-0.1, -0.05) is 0 Å². The average molecular weight is 427 g/mol. The number of amides is 1. The Labute approximate surface area is 163 Å². The van der Waals surface area contributed by atoms with E-state index in [2.05, 4.69) is 9.72 Å². The number of carbonyl (C=O) groups is 1. The molecule has 1 rings (SSSR count). The van der Waals surface area contributed by atoms with Crippen molar-refractivity contribution in [1.82, 2.24) is 9.88 Å². The molecule has 0 radical (unpaired) electrons. The van der Waals surface area contributed by atoms with Crippen LogP contribution in [0.15, 0.2) is 12.1 Å². The number of pyridine rings is 1. The topological polar surface area (TPSA) is 75.5 Å². The van der Waals surface area contributed by atoms with Crippen molar-refractivity contribution in [2.45, 2.75) is 51.2 Å². The fraction of sp³-hybridized carbons (Fsp3) is 0.588. The van der Waals surface area contributed by atoms with Crippen LogP contribution < -0.4 is 4.74 Å². The second-order valence-electron chi connectivity index (χ2n) is 7.00. The molecular weight excluding hydrogens is 408 g/mol. The van der Waals surface area contributed by atoms with Gasteiger partial charge in [0, 0.05) is 20.0 Å². The number of aromatic nitrogens is 1. The Morgan fingerprint density at radius 1 is 1.21 bits per heavy atom. The molecule has 0 aliphatic heterocycles. The zero-order valence-corrected chi connectivity index (χ0v) is 16.0. The van der Waals surface area contributed by atoms with Crippen LogP contribution in [0.5, 0.6) is 5.88 Å². The lowest BCUT2D eigenvalue weighted by molar-refractivity contribution is -0.198. The van der Waals surface area contributed by atoms with Crippen LogP contribution in [0, 0.1) is 11.3 Å². The number of rotatable bonds is 5. The summed E-state index contributed by atoms with van der Waals surface area (Å²) >= 11 is 0. The number of carbonyl (C=O) groups excluding carboxylic acids is 1. The summed E-state index contributed by atoms with van der Waals surface area (Å²) in [7, 11) is 1.20. The van der Waals surface area contributed by atoms with Gasteiger partial charge in [0.2, 0.25) is 5.88 Å². The molecular formula is C17H19F6N3O3. The molecule has 1 aromatic heterocycles. The van der Waals surface area contributed by atoms with Gasteiger partial charge in [-0.05, 0) is 32.9 Å². The monoisotopic (exact) mass is 427 g/mol. The van der Waals surface area contributed by atoms with E-state index in [4.69, 9.17) is 10.00 Å². The number of hydrogen-bond donors (Lipinski definition) is 0. The van der Waals surface area contributed by atoms with Gasteiger partial charge in [-0.3, -0.25) is 0 Å². The standard InChI is InChI=1S/C17H19F6N3O3/c1-15(2,3)29-14(27)26(4)8-7-12(17(21,22)23)28-13-10(9-24)5-6-11(25-13)16(18,19)20/h5-6,12H,7-8H2,1-4H3. The Bertz CT molecular complexity index is 766. The highest BCUT2D eigenvalue weighted by atomic mass is 19.4. The lowest BCUT2D eigenvalue weighted by Crippen LogP contribution is -2.40. The molecule has 0 saturated carbocycles. The van der Waals surface area contributed by atoms with E-state index in [1.54, 1.807) is 20.8 Å². The maximum atomic E-state index is 13.3. The van der Waals surface area contributed by atoms with Crippen LogP contribution in [0.3, 0.4) is 0 Å². The third-order valence-electron chi connectivity index (χ3n) is 3.32. The first kappa shape index (κ1) is 24.3. The van der Waals surface area contributed by atoms with Crippen LogP contribution in [0.1, 0.15) is 38.4 Å². The number of nitriles is 1. The molecule has 29 heavy (non-hydrogen) atoms. The largest absolute Gasteiger partial charge is 0.464 e. The van der Waals surface area contributed by atoms with E-state index in [-0.39, 0.29) is 0 Å². The summed E-state index contributed by atoms with van der Waals surface area (Å²) in [6.07, 6.45) is -14.2. The second-order valence-corrected chi connectivity index (χ2v) is 7.00. The van der Waals surface area contributed by atoms with E-state index in [9.17, 15) is 31.1 Å². The van der Waals surface area contributed by atoms with Crippen LogP contribution in [-0.4, -0.2) is 47.5 Å². The number of hydrogen-bond acceptors (Lipinski definition) is 5. The Hall–Kier alpha value is -2.71. The molecule has 1 aromatic rings. The Kier molecular flexibility index (Phi) is 7.34. The van der Waals surface area contributed by atoms with Gasteiger partial charge in [0.1, 0.15) is 22.9 Å². The van der Waals surface area contributed by atoms with Crippen LogP contribution in [-0.2, 0) is 10.9 Å². The van der Waals surface area contributed by atoms with Gasteiger partial charge in [-0.25, -0.2) is 9.78 Å². The van der Waals surface area contributed by atoms with Crippen molar-refractivity contribution < 1.29 is 40.6 Å². The summed E-state index contributed by atoms with van der Waals surface area (Å²) in [6, 6.07) is 2.57. The first-order valence-corrected chi connectivity index (χ1v) is 8.20. The molecule has 0 fully saturated rings. The molecule has 1 unspecified atom stereocenters. The number of halogens is 6. The zero-order valence-electron chi connectivity index (χ0n) is 16.0. The van der Waals surface area contributed by atoms with Crippen molar-refractivity contribution >= 4 is 6.09 Å². The lowest BCUT2D eigenvalue weighted by Gasteiger charge is -2.27. The molecule has 0 aliphatic carbocycles. The molecule has 0 N–H and O–H groups in total. The van der Waals surface area contributed by atoms with Gasteiger partial charge in [-0.2, -0.15) is 31.6 Å². The quantitative estimate of drug-likeness (QED) is 0.645. The minimum atomic E-state index is -4.99. The van der Waals surface area contributed by atoms with Crippen LogP contribution in [0.25, 0.3) is 0 Å². The van der Waals surface area contributed by atoms with Crippen LogP contribution in [0.4, 0.5) is 31.1 Å². The zero-order chi connectivity index (χ0) is 22.6. The van der Waals surface area contributed by atoms with E-state index >= 15 is 0 Å². The number of alkyl halides is 6. The molecule has 162 valence electrons. The van der Waals surface area contributed by atoms with Gasteiger partial charge in [0.15, 0.2) is 6.10 Å². The highest BCUT2D eigenvalue weighted by molar-refractivity contribution is 5.67. The molecule has 0 spiro atoms. The van der Waals surface area contributed by atoms with Gasteiger partial charge in [-0.15, -0.1) is 0 Å². The minimum absolute atomic E-state index is 0.463. The fourth-order valence-electron chi connectivity index (χ4n) is 1.94. The first-order chi connectivity index (χ1) is 13.0. The number of ether oxygens (including phenoxy) is 2. The Balaban J connectivity index is 3.02. The predicted molar refractivity (Wildman–Crippen MR) is 87.9 cm³/mol. The van der Waals surface area contributed by atoms with Crippen molar-refractivity contribution in [1.29, 1.82) is 5.26 Å². The maximum Gasteiger partial charge on any atom is 0.433 e. The van der Waals surface area contributed by atoms with E-state index < -0.39 is 60.3 Å². The van der Waals surface area contributed by atoms with Gasteiger partial charge in [0.05, 0.1) is 0 Å². The van der Waals surface area contributed by atoms with E-state index in [1.807, 2.05) is 0 Å². The van der Waals surface area contributed by atoms with Crippen molar-refractivity contribution in [3.05, 3.63) is 23.4 Å². The predicted octanol–water partition coefficient (Wildman–Crippen LogP) is 4.54. The van der Waals surface area contributed by atoms with Gasteiger partial charge < -0.3 is 14.4 Å². The van der Waals surface area contributed by atoms with Gasteiger partial charge in [0.25, 0.3) is 0 Å². The van der Waals surface area contributed by atoms with Crippen molar-refractivity contribution in [2.24, 2.45) is 0 Å². The van der Waals surface area contributed by atoms with E-state index in [0.717, 1.165) is 4.90 Å². The molecule has 1 heterocycles. The van der Waals surface area contributed by atoms with Crippen molar-refractivity contribution in [3.8, 4) is 11.9 Å². The summed E-state index contributed by atoms with van der Waals surface area (Å²) in [5.41, 5.74) is -2.96. The second kappa shape index (κ2) is 8.75. The third-order valence-corrected chi connectivity index (χ3v) is 3.32. The lowest BCUT2D eigenvalue weighted by atomic mass is 10.2. The SMILES string of the molecule is CN(CCC(Oc1nc(C(F)(F)F)ccc1C#N)C(F)(F)F)C(=O)OC(C)(C)C. The molecule has 0 aromatic carbocycles. The summed E-state index contributed by atoms with van der Waals surface area (Å²) in [4.78, 5) is 15.7. The minimum Gasteiger partial charge on any atom is -0.464 e. The first-order valence-electron chi connectivity index (χ1n) is 8.20. The normalized spacial score (nSPS) is 13.4. The highest BCUT2D eigenvalue weighted by Gasteiger charge is 2.43. The van der Waals surface area contributed by atoms with Crippen LogP contribution in [0.2, 0.25) is 0 Å². The fourth-order valence-corrected chi connectivity index (χ4v) is 1.94. The molecule has 1 atom stereocenters. The van der Waals surface area contributed by atoms with Crippen LogP contribution >= 0.6 is 0 Å². The van der Waals surface area contributed by atoms with Crippen molar-refractivity contribution in [2.75, 3.05) is 13.6 Å². The molecule has 1 amide bonds. The van der Waals surface area contributed by atoms with Crippen molar-refractivity contribution in [3.63, 3.8) is 0 Å². The van der Waals surface area contributed by atoms with Gasteiger partial charge >= 0.3 is 18.4 Å². The summed E-state index contributed by atoms with van der Waals surface area (Å²) in [5.74, 6) is -1.09. The summed E-state index contributed by atoms with van der Waals surface area (Å²) < 4.78 is 87.9. The highest BCUT2D eigenvalue weighted by Crippen LogP contribution is 2.32. The average Bonchev–Trinajstić information content (AvgIpc) is 2.54. The summed E-state index contributed by atoms with van der Waals surface area (Å²) in [5, 5.41) is 8.92. The van der Waals surface area contributed by atoms with E-state index in [0.29, 0.717) is 12.1 Å². The molecule has 0 saturated heterocycles. The number of nitrogens with zero attached hydrogens (tertiary/aromatic N) is 3. The molecule has 6 nitrogen and oxygen atoms in total. The third kappa shape index (κ3) is 7.67. The Morgan fingerprint density at radius 3 is 2.24 bits per heavy atom. The molecule has 0 aliphatic rings.